The Balaban J connectivity index is 1.44. The number of hydrogen-bond acceptors (Lipinski definition) is 1. The van der Waals surface area contributed by atoms with Crippen LogP contribution in [0.15, 0.2) is 133 Å². The van der Waals surface area contributed by atoms with Gasteiger partial charge in [-0.25, -0.2) is 0 Å². The smallest absolute Gasteiger partial charge is 0.123 e. The number of rotatable bonds is 1. The first-order valence-electron chi connectivity index (χ1n) is 13.1. The largest absolute Gasteiger partial charge is 0.295 e. The van der Waals surface area contributed by atoms with Crippen LogP contribution in [0.4, 0.5) is 17.2 Å². The summed E-state index contributed by atoms with van der Waals surface area (Å²) < 4.78 is 2.43. The van der Waals surface area contributed by atoms with Crippen LogP contribution < -0.4 is 4.90 Å². The summed E-state index contributed by atoms with van der Waals surface area (Å²) in [7, 11) is 0. The first kappa shape index (κ1) is 20.0. The van der Waals surface area contributed by atoms with Gasteiger partial charge in [0.15, 0.2) is 0 Å². The second-order valence-corrected chi connectivity index (χ2v) is 10.2. The lowest BCUT2D eigenvalue weighted by molar-refractivity contribution is 1.09. The number of aromatic nitrogens is 1. The van der Waals surface area contributed by atoms with E-state index in [4.69, 9.17) is 0 Å². The van der Waals surface area contributed by atoms with Crippen molar-refractivity contribution in [2.24, 2.45) is 0 Å². The van der Waals surface area contributed by atoms with E-state index in [2.05, 4.69) is 143 Å². The van der Waals surface area contributed by atoms with Crippen molar-refractivity contribution in [1.29, 1.82) is 0 Å². The van der Waals surface area contributed by atoms with Crippen LogP contribution in [0.5, 0.6) is 0 Å². The number of nitrogens with zero attached hydrogens (tertiary/aromatic N) is 2. The third-order valence-electron chi connectivity index (χ3n) is 8.27. The summed E-state index contributed by atoms with van der Waals surface area (Å²) in [6, 6.07) is 48.8. The Hall–Kier alpha value is -5.08. The quantitative estimate of drug-likeness (QED) is 0.226. The van der Waals surface area contributed by atoms with Crippen molar-refractivity contribution >= 4 is 38.9 Å². The van der Waals surface area contributed by atoms with E-state index in [9.17, 15) is 0 Å². The van der Waals surface area contributed by atoms with Gasteiger partial charge in [-0.1, -0.05) is 103 Å². The molecule has 2 heterocycles. The minimum absolute atomic E-state index is 1.15. The molecule has 0 saturated carbocycles. The van der Waals surface area contributed by atoms with Crippen molar-refractivity contribution < 1.29 is 0 Å². The molecule has 2 heteroatoms. The van der Waals surface area contributed by atoms with Crippen molar-refractivity contribution in [3.63, 3.8) is 0 Å². The Morgan fingerprint density at radius 3 is 1.82 bits per heavy atom. The van der Waals surface area contributed by atoms with E-state index >= 15 is 0 Å². The maximum absolute atomic E-state index is 2.47. The average molecular weight is 483 g/mol. The lowest BCUT2D eigenvalue weighted by atomic mass is 9.98. The molecule has 0 N–H and O–H groups in total. The maximum atomic E-state index is 2.47. The molecule has 0 unspecified atom stereocenters. The summed E-state index contributed by atoms with van der Waals surface area (Å²) >= 11 is 0. The van der Waals surface area contributed by atoms with E-state index in [1.54, 1.807) is 0 Å². The Labute approximate surface area is 220 Å². The first-order valence-corrected chi connectivity index (χ1v) is 13.1. The van der Waals surface area contributed by atoms with Crippen LogP contribution >= 0.6 is 0 Å². The molecule has 2 aliphatic rings. The van der Waals surface area contributed by atoms with Crippen LogP contribution in [0.25, 0.3) is 60.7 Å². The normalized spacial score (nSPS) is 12.7. The van der Waals surface area contributed by atoms with Crippen LogP contribution in [0.2, 0.25) is 0 Å². The molecule has 7 aromatic rings. The second-order valence-electron chi connectivity index (χ2n) is 10.2. The monoisotopic (exact) mass is 482 g/mol. The topological polar surface area (TPSA) is 8.17 Å². The van der Waals surface area contributed by atoms with Crippen molar-refractivity contribution in [2.75, 3.05) is 4.90 Å². The van der Waals surface area contributed by atoms with Gasteiger partial charge in [0.05, 0.1) is 22.6 Å². The number of anilines is 3. The van der Waals surface area contributed by atoms with E-state index in [1.807, 2.05) is 0 Å². The van der Waals surface area contributed by atoms with Crippen molar-refractivity contribution in [3.8, 4) is 39.1 Å². The SMILES string of the molecule is c1ccc2c(c1)-c1cccc3c(N4c5ccccc5-c5ccccc5-n5c4cc4ccccc45)ccc-2c13. The summed E-state index contributed by atoms with van der Waals surface area (Å²) in [6.45, 7) is 0. The van der Waals surface area contributed by atoms with E-state index in [0.29, 0.717) is 0 Å². The molecule has 0 saturated heterocycles. The molecule has 38 heavy (non-hydrogen) atoms. The lowest BCUT2D eigenvalue weighted by Crippen LogP contribution is -2.13. The van der Waals surface area contributed by atoms with Crippen molar-refractivity contribution in [1.82, 2.24) is 4.57 Å². The highest BCUT2D eigenvalue weighted by Crippen LogP contribution is 2.53. The molecule has 0 atom stereocenters. The summed E-state index contributed by atoms with van der Waals surface area (Å²) in [5.74, 6) is 1.15. The zero-order chi connectivity index (χ0) is 24.8. The summed E-state index contributed by atoms with van der Waals surface area (Å²) in [5.41, 5.74) is 12.6. The van der Waals surface area contributed by atoms with Crippen LogP contribution in [-0.2, 0) is 0 Å². The van der Waals surface area contributed by atoms with Crippen molar-refractivity contribution in [2.45, 2.75) is 0 Å². The number of benzene rings is 6. The van der Waals surface area contributed by atoms with Crippen LogP contribution in [0, 0.1) is 0 Å². The molecule has 9 rings (SSSR count). The molecule has 0 bridgehead atoms. The van der Waals surface area contributed by atoms with Gasteiger partial charge < -0.3 is 0 Å². The highest BCUT2D eigenvalue weighted by molar-refractivity contribution is 6.19. The molecule has 0 amide bonds. The minimum Gasteiger partial charge on any atom is -0.295 e. The standard InChI is InChI=1S/C36H22N2/c1-6-17-31-23(10-1)22-35-37(31)32-18-7-4-13-26(32)27-14-5-8-19-33(27)38(35)34-21-20-29-25-12-3-2-11-24(25)28-15-9-16-30(34)36(28)29/h1-22H. The molecule has 1 aliphatic carbocycles. The van der Waals surface area contributed by atoms with Crippen LogP contribution in [0.3, 0.4) is 0 Å². The van der Waals surface area contributed by atoms with E-state index in [-0.39, 0.29) is 0 Å². The van der Waals surface area contributed by atoms with Gasteiger partial charge in [-0.05, 0) is 58.0 Å². The molecule has 176 valence electrons. The van der Waals surface area contributed by atoms with Gasteiger partial charge in [0.25, 0.3) is 0 Å². The Morgan fingerprint density at radius 1 is 0.395 bits per heavy atom. The Morgan fingerprint density at radius 2 is 1.00 bits per heavy atom. The maximum Gasteiger partial charge on any atom is 0.123 e. The van der Waals surface area contributed by atoms with Crippen molar-refractivity contribution in [3.05, 3.63) is 133 Å². The fraction of sp³-hybridized carbons (Fsp3) is 0. The number of para-hydroxylation sites is 3. The summed E-state index contributed by atoms with van der Waals surface area (Å²) in [5, 5.41) is 3.85. The van der Waals surface area contributed by atoms with Gasteiger partial charge in [0.2, 0.25) is 0 Å². The van der Waals surface area contributed by atoms with Gasteiger partial charge >= 0.3 is 0 Å². The van der Waals surface area contributed by atoms with E-state index < -0.39 is 0 Å². The van der Waals surface area contributed by atoms with Gasteiger partial charge in [-0.2, -0.15) is 0 Å². The minimum atomic E-state index is 1.15. The van der Waals surface area contributed by atoms with Crippen LogP contribution in [-0.4, -0.2) is 4.57 Å². The molecule has 1 aliphatic heterocycles. The summed E-state index contributed by atoms with van der Waals surface area (Å²) in [6.07, 6.45) is 0. The Kier molecular flexibility index (Phi) is 3.82. The molecule has 0 radical (unpaired) electrons. The van der Waals surface area contributed by atoms with Gasteiger partial charge in [-0.15, -0.1) is 0 Å². The fourth-order valence-corrected chi connectivity index (χ4v) is 6.72. The molecule has 6 aromatic carbocycles. The highest BCUT2D eigenvalue weighted by Gasteiger charge is 2.30. The predicted octanol–water partition coefficient (Wildman–Crippen LogP) is 9.88. The first-order chi connectivity index (χ1) is 18.9. The predicted molar refractivity (Wildman–Crippen MR) is 159 cm³/mol. The van der Waals surface area contributed by atoms with Gasteiger partial charge in [0, 0.05) is 21.9 Å². The Bertz CT molecular complexity index is 2070. The molecule has 0 spiro atoms. The molecular formula is C36H22N2. The van der Waals surface area contributed by atoms with Crippen LogP contribution in [0.1, 0.15) is 0 Å². The van der Waals surface area contributed by atoms with E-state index in [1.165, 1.54) is 72.1 Å². The third kappa shape index (κ3) is 2.47. The van der Waals surface area contributed by atoms with Gasteiger partial charge in [-0.3, -0.25) is 9.47 Å². The second kappa shape index (κ2) is 7.24. The lowest BCUT2D eigenvalue weighted by Gasteiger charge is -2.27. The number of hydrogen-bond donors (Lipinski definition) is 0. The highest BCUT2D eigenvalue weighted by atomic mass is 15.3. The average Bonchev–Trinajstić information content (AvgIpc) is 3.48. The van der Waals surface area contributed by atoms with E-state index in [0.717, 1.165) is 5.82 Å². The zero-order valence-electron chi connectivity index (χ0n) is 20.6. The number of fused-ring (bicyclic) bond motifs is 10. The summed E-state index contributed by atoms with van der Waals surface area (Å²) in [4.78, 5) is 2.47. The molecule has 0 fully saturated rings. The molecule has 2 nitrogen and oxygen atoms in total. The third-order valence-corrected chi connectivity index (χ3v) is 8.27. The fourth-order valence-electron chi connectivity index (χ4n) is 6.72. The molecule has 1 aromatic heterocycles. The van der Waals surface area contributed by atoms with Gasteiger partial charge in [0.1, 0.15) is 5.82 Å². The zero-order valence-corrected chi connectivity index (χ0v) is 20.6. The molecular weight excluding hydrogens is 460 g/mol.